The summed E-state index contributed by atoms with van der Waals surface area (Å²) < 4.78 is 0. The first kappa shape index (κ1) is 13.4. The van der Waals surface area contributed by atoms with Crippen molar-refractivity contribution in [3.05, 3.63) is 0 Å². The first-order valence-electron chi connectivity index (χ1n) is 8.20. The van der Waals surface area contributed by atoms with Gasteiger partial charge in [0.25, 0.3) is 0 Å². The lowest BCUT2D eigenvalue weighted by Gasteiger charge is -2.23. The molecule has 3 heteroatoms. The van der Waals surface area contributed by atoms with Crippen LogP contribution in [0.1, 0.15) is 57.8 Å². The van der Waals surface area contributed by atoms with E-state index in [1.807, 2.05) is 4.90 Å². The van der Waals surface area contributed by atoms with Gasteiger partial charge in [0, 0.05) is 25.4 Å². The van der Waals surface area contributed by atoms with Crippen LogP contribution in [0, 0.1) is 17.8 Å². The van der Waals surface area contributed by atoms with Crippen LogP contribution in [0.15, 0.2) is 0 Å². The van der Waals surface area contributed by atoms with Crippen LogP contribution in [-0.2, 0) is 4.79 Å². The Labute approximate surface area is 116 Å². The number of nitrogens with zero attached hydrogens (tertiary/aromatic N) is 1. The molecule has 1 aliphatic heterocycles. The molecule has 0 bridgehead atoms. The number of rotatable bonds is 3. The zero-order chi connectivity index (χ0) is 13.2. The fraction of sp³-hybridized carbons (Fsp3) is 0.938. The number of aliphatic hydroxyl groups is 1. The number of carbonyl (C=O) groups excluding carboxylic acids is 1. The normalized spacial score (nSPS) is 35.6. The summed E-state index contributed by atoms with van der Waals surface area (Å²) in [6.45, 7) is 1.72. The highest BCUT2D eigenvalue weighted by atomic mass is 16.3. The summed E-state index contributed by atoms with van der Waals surface area (Å²) in [7, 11) is 0. The maximum Gasteiger partial charge on any atom is 0.222 e. The number of hydrogen-bond donors (Lipinski definition) is 1. The molecule has 0 aromatic heterocycles. The minimum atomic E-state index is -0.152. The lowest BCUT2D eigenvalue weighted by molar-refractivity contribution is -0.131. The Kier molecular flexibility index (Phi) is 4.11. The zero-order valence-electron chi connectivity index (χ0n) is 11.9. The second-order valence-corrected chi connectivity index (χ2v) is 6.91. The number of carbonyl (C=O) groups is 1. The van der Waals surface area contributed by atoms with E-state index in [1.54, 1.807) is 0 Å². The number of fused-ring (bicyclic) bond motifs is 1. The zero-order valence-corrected chi connectivity index (χ0v) is 11.9. The Morgan fingerprint density at radius 3 is 2.58 bits per heavy atom. The van der Waals surface area contributed by atoms with E-state index in [-0.39, 0.29) is 6.10 Å². The number of amides is 1. The van der Waals surface area contributed by atoms with E-state index in [2.05, 4.69) is 0 Å². The van der Waals surface area contributed by atoms with Gasteiger partial charge >= 0.3 is 0 Å². The summed E-state index contributed by atoms with van der Waals surface area (Å²) in [5, 5.41) is 9.89. The average molecular weight is 265 g/mol. The molecule has 3 unspecified atom stereocenters. The van der Waals surface area contributed by atoms with Gasteiger partial charge in [-0.2, -0.15) is 0 Å². The SMILES string of the molecule is O=C(CCC1CCCCC1)N1CC2CCC(O)C2C1. The van der Waals surface area contributed by atoms with Crippen molar-refractivity contribution in [1.82, 2.24) is 4.90 Å². The Balaban J connectivity index is 1.44. The quantitative estimate of drug-likeness (QED) is 0.852. The number of aliphatic hydroxyl groups excluding tert-OH is 1. The van der Waals surface area contributed by atoms with Crippen molar-refractivity contribution in [1.29, 1.82) is 0 Å². The predicted molar refractivity (Wildman–Crippen MR) is 74.6 cm³/mol. The molecular weight excluding hydrogens is 238 g/mol. The van der Waals surface area contributed by atoms with Crippen molar-refractivity contribution < 1.29 is 9.90 Å². The topological polar surface area (TPSA) is 40.5 Å². The van der Waals surface area contributed by atoms with Crippen LogP contribution >= 0.6 is 0 Å². The lowest BCUT2D eigenvalue weighted by atomic mass is 9.86. The molecule has 19 heavy (non-hydrogen) atoms. The van der Waals surface area contributed by atoms with Crippen LogP contribution in [0.4, 0.5) is 0 Å². The van der Waals surface area contributed by atoms with E-state index in [0.29, 0.717) is 17.7 Å². The van der Waals surface area contributed by atoms with E-state index in [9.17, 15) is 9.90 Å². The number of likely N-dealkylation sites (tertiary alicyclic amines) is 1. The molecule has 3 rings (SSSR count). The maximum absolute atomic E-state index is 12.3. The van der Waals surface area contributed by atoms with E-state index < -0.39 is 0 Å². The van der Waals surface area contributed by atoms with Crippen molar-refractivity contribution in [2.45, 2.75) is 63.9 Å². The molecule has 0 aromatic rings. The third kappa shape index (κ3) is 2.96. The van der Waals surface area contributed by atoms with Crippen LogP contribution in [0.2, 0.25) is 0 Å². The van der Waals surface area contributed by atoms with Crippen LogP contribution in [0.25, 0.3) is 0 Å². The molecule has 1 saturated heterocycles. The van der Waals surface area contributed by atoms with Gasteiger partial charge in [0.2, 0.25) is 5.91 Å². The largest absolute Gasteiger partial charge is 0.393 e. The molecule has 0 spiro atoms. The highest BCUT2D eigenvalue weighted by Crippen LogP contribution is 2.38. The number of hydrogen-bond acceptors (Lipinski definition) is 2. The summed E-state index contributed by atoms with van der Waals surface area (Å²) in [5.41, 5.74) is 0. The third-order valence-corrected chi connectivity index (χ3v) is 5.66. The minimum absolute atomic E-state index is 0.152. The van der Waals surface area contributed by atoms with Crippen LogP contribution in [0.3, 0.4) is 0 Å². The van der Waals surface area contributed by atoms with Gasteiger partial charge in [0.15, 0.2) is 0 Å². The molecule has 108 valence electrons. The molecule has 2 aliphatic carbocycles. The maximum atomic E-state index is 12.3. The van der Waals surface area contributed by atoms with E-state index in [0.717, 1.165) is 44.7 Å². The second-order valence-electron chi connectivity index (χ2n) is 6.91. The Hall–Kier alpha value is -0.570. The monoisotopic (exact) mass is 265 g/mol. The summed E-state index contributed by atoms with van der Waals surface area (Å²) in [5.74, 6) is 2.09. The lowest BCUT2D eigenvalue weighted by Crippen LogP contribution is -2.31. The highest BCUT2D eigenvalue weighted by molar-refractivity contribution is 5.76. The van der Waals surface area contributed by atoms with Gasteiger partial charge in [-0.1, -0.05) is 32.1 Å². The Morgan fingerprint density at radius 2 is 1.84 bits per heavy atom. The van der Waals surface area contributed by atoms with Gasteiger partial charge in [0.1, 0.15) is 0 Å². The van der Waals surface area contributed by atoms with Gasteiger partial charge in [-0.05, 0) is 31.1 Å². The van der Waals surface area contributed by atoms with Gasteiger partial charge in [0.05, 0.1) is 6.10 Å². The smallest absolute Gasteiger partial charge is 0.222 e. The summed E-state index contributed by atoms with van der Waals surface area (Å²) in [4.78, 5) is 14.3. The second kappa shape index (κ2) is 5.82. The fourth-order valence-electron chi connectivity index (χ4n) is 4.40. The van der Waals surface area contributed by atoms with Crippen molar-refractivity contribution in [3.8, 4) is 0 Å². The minimum Gasteiger partial charge on any atom is -0.393 e. The fourth-order valence-corrected chi connectivity index (χ4v) is 4.40. The van der Waals surface area contributed by atoms with Gasteiger partial charge in [-0.3, -0.25) is 4.79 Å². The molecular formula is C16H27NO2. The molecule has 1 N–H and O–H groups in total. The summed E-state index contributed by atoms with van der Waals surface area (Å²) >= 11 is 0. The molecule has 3 atom stereocenters. The van der Waals surface area contributed by atoms with Gasteiger partial charge in [-0.25, -0.2) is 0 Å². The summed E-state index contributed by atoms with van der Waals surface area (Å²) in [6, 6.07) is 0. The molecule has 1 amide bonds. The van der Waals surface area contributed by atoms with E-state index in [4.69, 9.17) is 0 Å². The Morgan fingerprint density at radius 1 is 1.05 bits per heavy atom. The van der Waals surface area contributed by atoms with Crippen LogP contribution in [-0.4, -0.2) is 35.1 Å². The molecule has 0 radical (unpaired) electrons. The van der Waals surface area contributed by atoms with Gasteiger partial charge < -0.3 is 10.0 Å². The molecule has 2 saturated carbocycles. The predicted octanol–water partition coefficient (Wildman–Crippen LogP) is 2.58. The highest BCUT2D eigenvalue weighted by Gasteiger charge is 2.43. The van der Waals surface area contributed by atoms with Crippen LogP contribution in [0.5, 0.6) is 0 Å². The summed E-state index contributed by atoms with van der Waals surface area (Å²) in [6.07, 6.45) is 10.5. The third-order valence-electron chi connectivity index (χ3n) is 5.66. The average Bonchev–Trinajstić information content (AvgIpc) is 3.00. The molecule has 0 aromatic carbocycles. The molecule has 3 fully saturated rings. The standard InChI is InChI=1S/C16H27NO2/c18-15-8-7-13-10-17(11-14(13)15)16(19)9-6-12-4-2-1-3-5-12/h12-15,18H,1-11H2. The first-order chi connectivity index (χ1) is 9.24. The molecule has 3 nitrogen and oxygen atoms in total. The van der Waals surface area contributed by atoms with Gasteiger partial charge in [-0.15, -0.1) is 0 Å². The van der Waals surface area contributed by atoms with Crippen molar-refractivity contribution >= 4 is 5.91 Å². The Bertz CT molecular complexity index is 325. The molecule has 3 aliphatic rings. The van der Waals surface area contributed by atoms with Crippen molar-refractivity contribution in [3.63, 3.8) is 0 Å². The molecule has 1 heterocycles. The van der Waals surface area contributed by atoms with E-state index in [1.165, 1.54) is 32.1 Å². The van der Waals surface area contributed by atoms with Crippen molar-refractivity contribution in [2.24, 2.45) is 17.8 Å². The van der Waals surface area contributed by atoms with E-state index >= 15 is 0 Å². The van der Waals surface area contributed by atoms with Crippen molar-refractivity contribution in [2.75, 3.05) is 13.1 Å². The van der Waals surface area contributed by atoms with Crippen LogP contribution < -0.4 is 0 Å². The first-order valence-corrected chi connectivity index (χ1v) is 8.20.